The van der Waals surface area contributed by atoms with Crippen molar-refractivity contribution in [2.45, 2.75) is 99.1 Å². The molecule has 0 saturated carbocycles. The van der Waals surface area contributed by atoms with Crippen molar-refractivity contribution >= 4 is 24.1 Å². The Labute approximate surface area is 238 Å². The molecule has 0 aliphatic heterocycles. The van der Waals surface area contributed by atoms with Gasteiger partial charge in [-0.15, -0.1) is 0 Å². The van der Waals surface area contributed by atoms with Crippen LogP contribution in [0.1, 0.15) is 86.1 Å². The molecule has 0 spiro atoms. The Morgan fingerprint density at radius 1 is 0.875 bits per heavy atom. The zero-order valence-electron chi connectivity index (χ0n) is 25.0. The van der Waals surface area contributed by atoms with Gasteiger partial charge < -0.3 is 29.4 Å². The fourth-order valence-corrected chi connectivity index (χ4v) is 3.72. The minimum Gasteiger partial charge on any atom is -0.480 e. The number of hydrogen-bond acceptors (Lipinski definition) is 9. The third-order valence-corrected chi connectivity index (χ3v) is 6.55. The summed E-state index contributed by atoms with van der Waals surface area (Å²) in [7, 11) is 0. The van der Waals surface area contributed by atoms with Gasteiger partial charge in [0.05, 0.1) is 18.4 Å². The summed E-state index contributed by atoms with van der Waals surface area (Å²) >= 11 is 0. The fourth-order valence-electron chi connectivity index (χ4n) is 3.72. The molecule has 0 amide bonds. The Morgan fingerprint density at radius 3 is 1.98 bits per heavy atom. The first-order valence-electron chi connectivity index (χ1n) is 14.3. The maximum absolute atomic E-state index is 12.7. The number of carboxylic acid groups (broad SMARTS) is 1. The summed E-state index contributed by atoms with van der Waals surface area (Å²) in [5.74, 6) is -2.31. The third-order valence-electron chi connectivity index (χ3n) is 6.55. The van der Waals surface area contributed by atoms with Crippen molar-refractivity contribution in [3.8, 4) is 11.5 Å². The van der Waals surface area contributed by atoms with Gasteiger partial charge in [-0.05, 0) is 49.8 Å². The maximum Gasteiger partial charge on any atom is 0.508 e. The van der Waals surface area contributed by atoms with Crippen molar-refractivity contribution in [1.82, 2.24) is 5.32 Å². The van der Waals surface area contributed by atoms with Gasteiger partial charge in [-0.1, -0.05) is 66.9 Å². The van der Waals surface area contributed by atoms with Gasteiger partial charge in [0, 0.05) is 6.54 Å². The second kappa shape index (κ2) is 18.3. The van der Waals surface area contributed by atoms with Gasteiger partial charge in [0.2, 0.25) is 0 Å². The first-order valence-corrected chi connectivity index (χ1v) is 14.3. The van der Waals surface area contributed by atoms with E-state index in [0.29, 0.717) is 18.4 Å². The number of esters is 2. The van der Waals surface area contributed by atoms with E-state index in [1.807, 2.05) is 27.7 Å². The average molecular weight is 566 g/mol. The number of rotatable bonds is 18. The predicted octanol–water partition coefficient (Wildman–Crippen LogP) is 5.54. The van der Waals surface area contributed by atoms with E-state index in [1.165, 1.54) is 12.1 Å². The van der Waals surface area contributed by atoms with Crippen molar-refractivity contribution in [2.24, 2.45) is 17.8 Å². The van der Waals surface area contributed by atoms with Gasteiger partial charge in [0.25, 0.3) is 0 Å². The highest BCUT2D eigenvalue weighted by molar-refractivity contribution is 5.78. The van der Waals surface area contributed by atoms with Crippen LogP contribution in [0.15, 0.2) is 18.2 Å². The molecule has 0 radical (unpaired) electrons. The second-order valence-corrected chi connectivity index (χ2v) is 10.5. The summed E-state index contributed by atoms with van der Waals surface area (Å²) < 4.78 is 21.4. The molecule has 226 valence electrons. The second-order valence-electron chi connectivity index (χ2n) is 10.5. The number of nitrogens with one attached hydrogen (secondary N) is 1. The lowest BCUT2D eigenvalue weighted by Crippen LogP contribution is -2.42. The monoisotopic (exact) mass is 565 g/mol. The Kier molecular flexibility index (Phi) is 15.9. The zero-order chi connectivity index (χ0) is 30.2. The molecule has 10 nitrogen and oxygen atoms in total. The number of carbonyl (C=O) groups is 4. The lowest BCUT2D eigenvalue weighted by molar-refractivity contribution is -0.141. The Balaban J connectivity index is 2.99. The number of benzene rings is 1. The van der Waals surface area contributed by atoms with Gasteiger partial charge >= 0.3 is 24.1 Å². The SMILES string of the molecule is CCCC(C)C(=O)Oc1ccc(C[C@H](NCC(C)OC(=O)OCC(C)CC)C(=O)O)cc1OC(=O)C(C)CCC. The van der Waals surface area contributed by atoms with Crippen molar-refractivity contribution in [1.29, 1.82) is 0 Å². The molecule has 0 heterocycles. The molecule has 0 aliphatic carbocycles. The largest absolute Gasteiger partial charge is 0.508 e. The normalized spacial score (nSPS) is 14.8. The standard InChI is InChI=1S/C30H47NO9/c1-8-11-20(5)28(34)39-25-14-13-23(16-26(25)40-29(35)21(6)12-9-2)15-24(27(32)33)31-17-22(7)38-30(36)37-18-19(4)10-3/h13-14,16,19-22,24,31H,8-12,15,17-18H2,1-7H3,(H,32,33)/t19?,20?,21?,22?,24-/m0/s1. The molecular weight excluding hydrogens is 518 g/mol. The van der Waals surface area contributed by atoms with Gasteiger partial charge in [0.15, 0.2) is 11.5 Å². The van der Waals surface area contributed by atoms with Crippen LogP contribution in [0.2, 0.25) is 0 Å². The Hall–Kier alpha value is -3.14. The molecule has 4 unspecified atom stereocenters. The first kappa shape index (κ1) is 34.9. The van der Waals surface area contributed by atoms with Crippen LogP contribution < -0.4 is 14.8 Å². The van der Waals surface area contributed by atoms with E-state index >= 15 is 0 Å². The molecule has 40 heavy (non-hydrogen) atoms. The number of ether oxygens (including phenoxy) is 4. The average Bonchev–Trinajstić information content (AvgIpc) is 2.90. The van der Waals surface area contributed by atoms with Crippen molar-refractivity contribution in [2.75, 3.05) is 13.2 Å². The summed E-state index contributed by atoms with van der Waals surface area (Å²) in [5.41, 5.74) is 0.550. The lowest BCUT2D eigenvalue weighted by Gasteiger charge is -2.20. The molecule has 1 aromatic carbocycles. The van der Waals surface area contributed by atoms with E-state index in [2.05, 4.69) is 5.32 Å². The topological polar surface area (TPSA) is 137 Å². The number of carbonyl (C=O) groups excluding carboxylic acids is 3. The molecule has 5 atom stereocenters. The van der Waals surface area contributed by atoms with Crippen LogP contribution >= 0.6 is 0 Å². The molecule has 0 bridgehead atoms. The van der Waals surface area contributed by atoms with E-state index in [-0.39, 0.29) is 48.8 Å². The highest BCUT2D eigenvalue weighted by Crippen LogP contribution is 2.31. The summed E-state index contributed by atoms with van der Waals surface area (Å²) in [6.07, 6.45) is 2.38. The van der Waals surface area contributed by atoms with Crippen LogP contribution in [-0.2, 0) is 30.3 Å². The lowest BCUT2D eigenvalue weighted by atomic mass is 10.0. The molecule has 10 heteroatoms. The van der Waals surface area contributed by atoms with E-state index in [9.17, 15) is 24.3 Å². The number of aliphatic carboxylic acids is 1. The Morgan fingerprint density at radius 2 is 1.45 bits per heavy atom. The van der Waals surface area contributed by atoms with E-state index in [0.717, 1.165) is 19.3 Å². The van der Waals surface area contributed by atoms with E-state index in [4.69, 9.17) is 18.9 Å². The molecule has 1 rings (SSSR count). The van der Waals surface area contributed by atoms with Crippen LogP contribution in [-0.4, -0.2) is 54.5 Å². The molecule has 1 aromatic rings. The highest BCUT2D eigenvalue weighted by atomic mass is 16.7. The van der Waals surface area contributed by atoms with E-state index in [1.54, 1.807) is 26.8 Å². The minimum atomic E-state index is -1.11. The van der Waals surface area contributed by atoms with Gasteiger partial charge in [-0.3, -0.25) is 14.4 Å². The van der Waals surface area contributed by atoms with Crippen LogP contribution in [0, 0.1) is 17.8 Å². The molecule has 0 saturated heterocycles. The van der Waals surface area contributed by atoms with E-state index < -0.39 is 36.2 Å². The minimum absolute atomic E-state index is 0.0377. The van der Waals surface area contributed by atoms with Crippen LogP contribution in [0.3, 0.4) is 0 Å². The fraction of sp³-hybridized carbons (Fsp3) is 0.667. The Bertz CT molecular complexity index is 964. The summed E-state index contributed by atoms with van der Waals surface area (Å²) in [5, 5.41) is 12.7. The predicted molar refractivity (Wildman–Crippen MR) is 150 cm³/mol. The third kappa shape index (κ3) is 12.8. The number of hydrogen-bond donors (Lipinski definition) is 2. The highest BCUT2D eigenvalue weighted by Gasteiger charge is 2.24. The van der Waals surface area contributed by atoms with Crippen LogP contribution in [0.25, 0.3) is 0 Å². The maximum atomic E-state index is 12.7. The van der Waals surface area contributed by atoms with Crippen molar-refractivity contribution in [3.63, 3.8) is 0 Å². The van der Waals surface area contributed by atoms with Crippen LogP contribution in [0.5, 0.6) is 11.5 Å². The summed E-state index contributed by atoms with van der Waals surface area (Å²) in [6, 6.07) is 3.64. The molecule has 2 N–H and O–H groups in total. The molecule has 0 fully saturated rings. The quantitative estimate of drug-likeness (QED) is 0.172. The number of carboxylic acids is 1. The van der Waals surface area contributed by atoms with Crippen molar-refractivity contribution in [3.05, 3.63) is 23.8 Å². The van der Waals surface area contributed by atoms with Gasteiger partial charge in [-0.2, -0.15) is 0 Å². The zero-order valence-corrected chi connectivity index (χ0v) is 25.0. The van der Waals surface area contributed by atoms with Crippen LogP contribution in [0.4, 0.5) is 4.79 Å². The molecular formula is C30H47NO9. The van der Waals surface area contributed by atoms with Gasteiger partial charge in [-0.25, -0.2) is 4.79 Å². The summed E-state index contributed by atoms with van der Waals surface area (Å²) in [6.45, 7) is 13.4. The van der Waals surface area contributed by atoms with Gasteiger partial charge in [0.1, 0.15) is 12.1 Å². The molecule has 0 aromatic heterocycles. The smallest absolute Gasteiger partial charge is 0.480 e. The van der Waals surface area contributed by atoms with Crippen molar-refractivity contribution < 1.29 is 43.2 Å². The molecule has 0 aliphatic rings. The summed E-state index contributed by atoms with van der Waals surface area (Å²) in [4.78, 5) is 49.1. The first-order chi connectivity index (χ1) is 18.9.